The summed E-state index contributed by atoms with van der Waals surface area (Å²) in [6.07, 6.45) is 6.31. The lowest BCUT2D eigenvalue weighted by molar-refractivity contribution is -0.154. The molecule has 5 heteroatoms. The molecule has 0 saturated carbocycles. The first-order valence-electron chi connectivity index (χ1n) is 11.9. The van der Waals surface area contributed by atoms with Crippen LogP contribution in [0.3, 0.4) is 0 Å². The molecule has 0 aromatic heterocycles. The molecule has 1 aromatic carbocycles. The highest BCUT2D eigenvalue weighted by Crippen LogP contribution is 2.28. The maximum atomic E-state index is 13.4. The molecule has 1 saturated heterocycles. The number of piperidine rings is 1. The molecule has 1 fully saturated rings. The molecule has 0 aliphatic carbocycles. The fraction of sp³-hybridized carbons (Fsp3) is 0.593. The number of likely N-dealkylation sites (tertiary alicyclic amines) is 1. The molecule has 5 nitrogen and oxygen atoms in total. The van der Waals surface area contributed by atoms with E-state index >= 15 is 0 Å². The maximum absolute atomic E-state index is 13.4. The van der Waals surface area contributed by atoms with Crippen molar-refractivity contribution in [3.8, 4) is 0 Å². The highest BCUT2D eigenvalue weighted by atomic mass is 16.2. The first-order valence-corrected chi connectivity index (χ1v) is 11.9. The van der Waals surface area contributed by atoms with Gasteiger partial charge >= 0.3 is 0 Å². The zero-order valence-corrected chi connectivity index (χ0v) is 20.4. The van der Waals surface area contributed by atoms with E-state index in [1.54, 1.807) is 13.8 Å². The van der Waals surface area contributed by atoms with Gasteiger partial charge in [-0.1, -0.05) is 71.0 Å². The summed E-state index contributed by atoms with van der Waals surface area (Å²) in [6, 6.07) is 9.46. The molecule has 2 amide bonds. The number of nitrogens with zero attached hydrogens (tertiary/aromatic N) is 1. The Hall–Kier alpha value is -2.43. The zero-order chi connectivity index (χ0) is 23.9. The van der Waals surface area contributed by atoms with Gasteiger partial charge in [0.15, 0.2) is 0 Å². The molecule has 2 rings (SSSR count). The van der Waals surface area contributed by atoms with E-state index in [4.69, 9.17) is 0 Å². The van der Waals surface area contributed by atoms with Gasteiger partial charge < -0.3 is 10.2 Å². The minimum Gasteiger partial charge on any atom is -0.351 e. The van der Waals surface area contributed by atoms with Crippen molar-refractivity contribution in [2.75, 3.05) is 6.54 Å². The Labute approximate surface area is 193 Å². The summed E-state index contributed by atoms with van der Waals surface area (Å²) in [7, 11) is 0. The predicted molar refractivity (Wildman–Crippen MR) is 129 cm³/mol. The Morgan fingerprint density at radius 2 is 1.81 bits per heavy atom. The topological polar surface area (TPSA) is 66.5 Å². The summed E-state index contributed by atoms with van der Waals surface area (Å²) in [6.45, 7) is 14.0. The summed E-state index contributed by atoms with van der Waals surface area (Å²) in [5, 5.41) is 3.21. The van der Waals surface area contributed by atoms with Crippen LogP contribution in [0.1, 0.15) is 72.3 Å². The van der Waals surface area contributed by atoms with Crippen molar-refractivity contribution in [3.05, 3.63) is 48.6 Å². The highest BCUT2D eigenvalue weighted by molar-refractivity contribution is 6.38. The number of hydrogen-bond acceptors (Lipinski definition) is 3. The fourth-order valence-corrected chi connectivity index (χ4v) is 4.02. The first-order chi connectivity index (χ1) is 15.0. The number of benzene rings is 1. The van der Waals surface area contributed by atoms with Crippen LogP contribution in [-0.4, -0.2) is 41.1 Å². The van der Waals surface area contributed by atoms with Gasteiger partial charge in [0.05, 0.1) is 0 Å². The average Bonchev–Trinajstić information content (AvgIpc) is 2.81. The number of Topliss-reactive ketones (excluding diaryl/α,β-unsaturated/α-hetero) is 1. The summed E-state index contributed by atoms with van der Waals surface area (Å²) >= 11 is 0. The van der Waals surface area contributed by atoms with Crippen LogP contribution in [0.25, 0.3) is 0 Å². The van der Waals surface area contributed by atoms with Gasteiger partial charge in [0.1, 0.15) is 6.04 Å². The summed E-state index contributed by atoms with van der Waals surface area (Å²) in [5.41, 5.74) is 0.181. The Kier molecular flexibility index (Phi) is 8.82. The standard InChI is InChI=1S/C27H40N2O3/c1-7-26(3,4)22(18-17-20-14-10-9-11-15-20)28-24(31)21-16-12-13-19-29(21)25(32)23(30)27(5,6)8-2/h7,9-11,14-15,21-22H,1,8,12-13,16-19H2,2-6H3,(H,28,31)/t21?,22-/m1/s1. The number of carbonyl (C=O) groups is 3. The second-order valence-electron chi connectivity index (χ2n) is 10.2. The van der Waals surface area contributed by atoms with Crippen molar-refractivity contribution >= 4 is 17.6 Å². The third kappa shape index (κ3) is 6.30. The number of carbonyl (C=O) groups excluding carboxylic acids is 3. The van der Waals surface area contributed by atoms with E-state index in [-0.39, 0.29) is 17.4 Å². The van der Waals surface area contributed by atoms with Crippen molar-refractivity contribution in [1.29, 1.82) is 0 Å². The average molecular weight is 441 g/mol. The van der Waals surface area contributed by atoms with E-state index in [2.05, 4.69) is 37.9 Å². The monoisotopic (exact) mass is 440 g/mol. The quantitative estimate of drug-likeness (QED) is 0.423. The third-order valence-corrected chi connectivity index (χ3v) is 7.06. The summed E-state index contributed by atoms with van der Waals surface area (Å²) in [5.74, 6) is -1.11. The largest absolute Gasteiger partial charge is 0.351 e. The first kappa shape index (κ1) is 25.8. The van der Waals surface area contributed by atoms with E-state index in [1.165, 1.54) is 10.5 Å². The van der Waals surface area contributed by atoms with Crippen LogP contribution >= 0.6 is 0 Å². The maximum Gasteiger partial charge on any atom is 0.291 e. The van der Waals surface area contributed by atoms with Crippen LogP contribution in [0.4, 0.5) is 0 Å². The van der Waals surface area contributed by atoms with Crippen LogP contribution in [-0.2, 0) is 20.8 Å². The fourth-order valence-electron chi connectivity index (χ4n) is 4.02. The smallest absolute Gasteiger partial charge is 0.291 e. The molecule has 1 aromatic rings. The Morgan fingerprint density at radius 1 is 1.16 bits per heavy atom. The van der Waals surface area contributed by atoms with Crippen LogP contribution < -0.4 is 5.32 Å². The van der Waals surface area contributed by atoms with Gasteiger partial charge in [-0.3, -0.25) is 14.4 Å². The number of aryl methyl sites for hydroxylation is 1. The molecule has 0 radical (unpaired) electrons. The summed E-state index contributed by atoms with van der Waals surface area (Å²) in [4.78, 5) is 40.8. The number of amides is 2. The van der Waals surface area contributed by atoms with E-state index in [0.717, 1.165) is 25.7 Å². The van der Waals surface area contributed by atoms with E-state index < -0.39 is 23.1 Å². The molecule has 0 spiro atoms. The predicted octanol–water partition coefficient (Wildman–Crippen LogP) is 4.70. The molecule has 1 N–H and O–H groups in total. The molecule has 1 unspecified atom stereocenters. The van der Waals surface area contributed by atoms with Gasteiger partial charge in [-0.05, 0) is 44.1 Å². The minimum absolute atomic E-state index is 0.130. The lowest BCUT2D eigenvalue weighted by Crippen LogP contribution is -2.57. The summed E-state index contributed by atoms with van der Waals surface area (Å²) < 4.78 is 0. The molecule has 2 atom stereocenters. The van der Waals surface area contributed by atoms with E-state index in [0.29, 0.717) is 19.4 Å². The SMILES string of the molecule is C=CC(C)(C)[C@@H](CCc1ccccc1)NC(=O)C1CCCCN1C(=O)C(=O)C(C)(C)CC. The van der Waals surface area contributed by atoms with Crippen molar-refractivity contribution in [2.45, 2.75) is 85.2 Å². The van der Waals surface area contributed by atoms with E-state index in [9.17, 15) is 14.4 Å². The van der Waals surface area contributed by atoms with Gasteiger partial charge in [-0.2, -0.15) is 0 Å². The van der Waals surface area contributed by atoms with Crippen LogP contribution in [0, 0.1) is 10.8 Å². The van der Waals surface area contributed by atoms with Crippen molar-refractivity contribution < 1.29 is 14.4 Å². The number of hydrogen-bond donors (Lipinski definition) is 1. The van der Waals surface area contributed by atoms with Gasteiger partial charge in [0.2, 0.25) is 11.7 Å². The second-order valence-corrected chi connectivity index (χ2v) is 10.2. The Morgan fingerprint density at radius 3 is 2.41 bits per heavy atom. The third-order valence-electron chi connectivity index (χ3n) is 7.06. The molecule has 0 bridgehead atoms. The van der Waals surface area contributed by atoms with Crippen molar-refractivity contribution in [2.24, 2.45) is 10.8 Å². The molecule has 1 aliphatic rings. The molecular formula is C27H40N2O3. The van der Waals surface area contributed by atoms with Crippen LogP contribution in [0.2, 0.25) is 0 Å². The zero-order valence-electron chi connectivity index (χ0n) is 20.4. The molecule has 1 heterocycles. The van der Waals surface area contributed by atoms with Crippen LogP contribution in [0.5, 0.6) is 0 Å². The minimum atomic E-state index is -0.724. The highest BCUT2D eigenvalue weighted by Gasteiger charge is 2.41. The lowest BCUT2D eigenvalue weighted by Gasteiger charge is -2.39. The van der Waals surface area contributed by atoms with Crippen molar-refractivity contribution in [3.63, 3.8) is 0 Å². The van der Waals surface area contributed by atoms with Crippen molar-refractivity contribution in [1.82, 2.24) is 10.2 Å². The van der Waals surface area contributed by atoms with Gasteiger partial charge in [0.25, 0.3) is 5.91 Å². The normalized spacial score (nSPS) is 18.0. The molecule has 32 heavy (non-hydrogen) atoms. The second kappa shape index (κ2) is 10.9. The van der Waals surface area contributed by atoms with Crippen LogP contribution in [0.15, 0.2) is 43.0 Å². The molecule has 176 valence electrons. The number of nitrogens with one attached hydrogen (secondary N) is 1. The van der Waals surface area contributed by atoms with E-state index in [1.807, 2.05) is 31.2 Å². The number of ketones is 1. The Bertz CT molecular complexity index is 813. The van der Waals surface area contributed by atoms with Gasteiger partial charge in [-0.25, -0.2) is 0 Å². The molecule has 1 aliphatic heterocycles. The van der Waals surface area contributed by atoms with Gasteiger partial charge in [0, 0.05) is 23.4 Å². The Balaban J connectivity index is 2.17. The lowest BCUT2D eigenvalue weighted by atomic mass is 9.81. The molecular weight excluding hydrogens is 400 g/mol. The van der Waals surface area contributed by atoms with Gasteiger partial charge in [-0.15, -0.1) is 6.58 Å². The number of rotatable bonds is 10.